The van der Waals surface area contributed by atoms with Gasteiger partial charge >= 0.3 is 0 Å². The van der Waals surface area contributed by atoms with Crippen molar-refractivity contribution in [2.75, 3.05) is 19.4 Å². The van der Waals surface area contributed by atoms with Crippen LogP contribution >= 0.6 is 11.8 Å². The Morgan fingerprint density at radius 1 is 1.21 bits per heavy atom. The highest BCUT2D eigenvalue weighted by Crippen LogP contribution is 2.28. The van der Waals surface area contributed by atoms with Crippen molar-refractivity contribution in [2.45, 2.75) is 43.8 Å². The van der Waals surface area contributed by atoms with E-state index in [1.807, 2.05) is 47.4 Å². The summed E-state index contributed by atoms with van der Waals surface area (Å²) in [4.78, 5) is 37.0. The molecular formula is C26H28N4O3S. The summed E-state index contributed by atoms with van der Waals surface area (Å²) in [6.45, 7) is 2.94. The number of para-hydroxylation sites is 1. The SMILES string of the molecule is CC[C@H]1CCCCN1C(=O)CSc1nc2c([nH]c3ccccc32)c(=O)n1-c1cccc(OC)c1. The molecule has 1 saturated heterocycles. The highest BCUT2D eigenvalue weighted by Gasteiger charge is 2.26. The number of benzene rings is 2. The summed E-state index contributed by atoms with van der Waals surface area (Å²) >= 11 is 1.32. The van der Waals surface area contributed by atoms with E-state index >= 15 is 0 Å². The Hall–Kier alpha value is -3.26. The summed E-state index contributed by atoms with van der Waals surface area (Å²) in [6.07, 6.45) is 4.23. The number of hydrogen-bond donors (Lipinski definition) is 1. The quantitative estimate of drug-likeness (QED) is 0.321. The standard InChI is InChI=1S/C26H28N4O3S/c1-3-17-9-6-7-14-29(17)22(31)16-34-26-28-23-20-12-4-5-13-21(20)27-24(23)25(32)30(26)18-10-8-11-19(15-18)33-2/h4-5,8,10-13,15,17,27H,3,6-7,9,14,16H2,1-2H3/t17-/m0/s1. The molecule has 1 aliphatic heterocycles. The molecule has 4 aromatic rings. The lowest BCUT2D eigenvalue weighted by Crippen LogP contribution is -2.44. The second kappa shape index (κ2) is 9.54. The highest BCUT2D eigenvalue weighted by atomic mass is 32.2. The molecule has 2 aromatic heterocycles. The first kappa shape index (κ1) is 22.5. The zero-order valence-electron chi connectivity index (χ0n) is 19.4. The molecule has 1 N–H and O–H groups in total. The van der Waals surface area contributed by atoms with Gasteiger partial charge in [-0.15, -0.1) is 0 Å². The zero-order valence-corrected chi connectivity index (χ0v) is 20.2. The number of carbonyl (C=O) groups excluding carboxylic acids is 1. The number of aromatic nitrogens is 3. The number of fused-ring (bicyclic) bond motifs is 3. The van der Waals surface area contributed by atoms with Gasteiger partial charge in [-0.1, -0.05) is 43.0 Å². The van der Waals surface area contributed by atoms with Crippen LogP contribution in [0.4, 0.5) is 0 Å². The molecule has 176 valence electrons. The Morgan fingerprint density at radius 2 is 2.06 bits per heavy atom. The first-order valence-electron chi connectivity index (χ1n) is 11.7. The third-order valence-electron chi connectivity index (χ3n) is 6.55. The number of aromatic amines is 1. The fraction of sp³-hybridized carbons (Fsp3) is 0.346. The van der Waals surface area contributed by atoms with Crippen LogP contribution in [0.1, 0.15) is 32.6 Å². The average molecular weight is 477 g/mol. The highest BCUT2D eigenvalue weighted by molar-refractivity contribution is 7.99. The van der Waals surface area contributed by atoms with Gasteiger partial charge in [0.1, 0.15) is 16.8 Å². The maximum absolute atomic E-state index is 13.7. The second-order valence-corrected chi connectivity index (χ2v) is 9.51. The molecule has 0 bridgehead atoms. The van der Waals surface area contributed by atoms with Crippen LogP contribution in [0, 0.1) is 0 Å². The van der Waals surface area contributed by atoms with Crippen molar-refractivity contribution >= 4 is 39.6 Å². The molecular weight excluding hydrogens is 448 g/mol. The van der Waals surface area contributed by atoms with Crippen molar-refractivity contribution in [3.8, 4) is 11.4 Å². The Kier molecular flexibility index (Phi) is 6.32. The molecule has 0 saturated carbocycles. The molecule has 0 unspecified atom stereocenters. The summed E-state index contributed by atoms with van der Waals surface area (Å²) in [5.41, 5.74) is 2.38. The molecule has 0 spiro atoms. The van der Waals surface area contributed by atoms with Gasteiger partial charge in [0.25, 0.3) is 5.56 Å². The Morgan fingerprint density at radius 3 is 2.88 bits per heavy atom. The number of thioether (sulfide) groups is 1. The monoisotopic (exact) mass is 476 g/mol. The molecule has 1 fully saturated rings. The molecule has 5 rings (SSSR count). The summed E-state index contributed by atoms with van der Waals surface area (Å²) in [6, 6.07) is 15.4. The summed E-state index contributed by atoms with van der Waals surface area (Å²) in [7, 11) is 1.60. The zero-order chi connectivity index (χ0) is 23.7. The number of likely N-dealkylation sites (tertiary alicyclic amines) is 1. The largest absolute Gasteiger partial charge is 0.497 e. The minimum Gasteiger partial charge on any atom is -0.497 e. The number of ether oxygens (including phenoxy) is 1. The maximum Gasteiger partial charge on any atom is 0.283 e. The smallest absolute Gasteiger partial charge is 0.283 e. The summed E-state index contributed by atoms with van der Waals surface area (Å²) in [5, 5.41) is 1.39. The number of carbonyl (C=O) groups is 1. The Balaban J connectivity index is 1.59. The fourth-order valence-electron chi connectivity index (χ4n) is 4.78. The number of nitrogens with zero attached hydrogens (tertiary/aromatic N) is 3. The lowest BCUT2D eigenvalue weighted by molar-refractivity contribution is -0.132. The summed E-state index contributed by atoms with van der Waals surface area (Å²) in [5.74, 6) is 0.982. The molecule has 7 nitrogen and oxygen atoms in total. The van der Waals surface area contributed by atoms with Gasteiger partial charge < -0.3 is 14.6 Å². The number of H-pyrrole nitrogens is 1. The van der Waals surface area contributed by atoms with E-state index in [4.69, 9.17) is 9.72 Å². The third kappa shape index (κ3) is 4.07. The van der Waals surface area contributed by atoms with Gasteiger partial charge in [0.15, 0.2) is 5.16 Å². The van der Waals surface area contributed by atoms with Crippen molar-refractivity contribution < 1.29 is 9.53 Å². The molecule has 8 heteroatoms. The first-order valence-corrected chi connectivity index (χ1v) is 12.7. The van der Waals surface area contributed by atoms with Crippen LogP contribution in [-0.2, 0) is 4.79 Å². The van der Waals surface area contributed by atoms with E-state index in [1.165, 1.54) is 18.2 Å². The molecule has 0 radical (unpaired) electrons. The van der Waals surface area contributed by atoms with Crippen LogP contribution in [0.3, 0.4) is 0 Å². The second-order valence-electron chi connectivity index (χ2n) is 8.56. The van der Waals surface area contributed by atoms with E-state index in [0.29, 0.717) is 33.7 Å². The number of rotatable bonds is 6. The van der Waals surface area contributed by atoms with E-state index in [2.05, 4.69) is 11.9 Å². The lowest BCUT2D eigenvalue weighted by atomic mass is 10.0. The van der Waals surface area contributed by atoms with E-state index in [-0.39, 0.29) is 17.2 Å². The number of methoxy groups -OCH3 is 1. The molecule has 3 heterocycles. The van der Waals surface area contributed by atoms with Crippen LogP contribution < -0.4 is 10.3 Å². The van der Waals surface area contributed by atoms with Gasteiger partial charge in [0, 0.05) is 29.6 Å². The summed E-state index contributed by atoms with van der Waals surface area (Å²) < 4.78 is 6.96. The first-order chi connectivity index (χ1) is 16.6. The average Bonchev–Trinajstić information content (AvgIpc) is 3.26. The number of piperidine rings is 1. The number of hydrogen-bond acceptors (Lipinski definition) is 5. The van der Waals surface area contributed by atoms with Crippen molar-refractivity contribution in [1.29, 1.82) is 0 Å². The predicted octanol–water partition coefficient (Wildman–Crippen LogP) is 4.76. The minimum absolute atomic E-state index is 0.0991. The predicted molar refractivity (Wildman–Crippen MR) is 136 cm³/mol. The molecule has 1 atom stereocenters. The normalized spacial score (nSPS) is 16.3. The number of amides is 1. The van der Waals surface area contributed by atoms with Crippen LogP contribution in [0.5, 0.6) is 5.75 Å². The van der Waals surface area contributed by atoms with Gasteiger partial charge in [0.05, 0.1) is 18.6 Å². The topological polar surface area (TPSA) is 80.2 Å². The Bertz CT molecular complexity index is 1410. The van der Waals surface area contributed by atoms with Crippen molar-refractivity contribution in [1.82, 2.24) is 19.4 Å². The lowest BCUT2D eigenvalue weighted by Gasteiger charge is -2.35. The van der Waals surface area contributed by atoms with Crippen LogP contribution in [0.15, 0.2) is 58.5 Å². The molecule has 1 aliphatic rings. The maximum atomic E-state index is 13.7. The van der Waals surface area contributed by atoms with Crippen molar-refractivity contribution in [3.63, 3.8) is 0 Å². The van der Waals surface area contributed by atoms with Crippen molar-refractivity contribution in [2.24, 2.45) is 0 Å². The van der Waals surface area contributed by atoms with E-state index in [9.17, 15) is 9.59 Å². The molecule has 0 aliphatic carbocycles. The minimum atomic E-state index is -0.200. The number of nitrogens with one attached hydrogen (secondary N) is 1. The molecule has 34 heavy (non-hydrogen) atoms. The van der Waals surface area contributed by atoms with Crippen LogP contribution in [0.2, 0.25) is 0 Å². The van der Waals surface area contributed by atoms with Gasteiger partial charge in [0.2, 0.25) is 5.91 Å². The van der Waals surface area contributed by atoms with E-state index < -0.39 is 0 Å². The van der Waals surface area contributed by atoms with Gasteiger partial charge in [-0.3, -0.25) is 14.2 Å². The third-order valence-corrected chi connectivity index (χ3v) is 7.47. The molecule has 2 aromatic carbocycles. The van der Waals surface area contributed by atoms with Gasteiger partial charge in [-0.25, -0.2) is 4.98 Å². The van der Waals surface area contributed by atoms with Crippen LogP contribution in [-0.4, -0.2) is 50.8 Å². The Labute approximate surface area is 202 Å². The van der Waals surface area contributed by atoms with E-state index in [1.54, 1.807) is 17.7 Å². The van der Waals surface area contributed by atoms with E-state index in [0.717, 1.165) is 36.7 Å². The van der Waals surface area contributed by atoms with Gasteiger partial charge in [-0.2, -0.15) is 0 Å². The molecule has 1 amide bonds. The van der Waals surface area contributed by atoms with Crippen molar-refractivity contribution in [3.05, 3.63) is 58.9 Å². The fourth-order valence-corrected chi connectivity index (χ4v) is 5.67. The van der Waals surface area contributed by atoms with Gasteiger partial charge in [-0.05, 0) is 43.9 Å². The van der Waals surface area contributed by atoms with Crippen LogP contribution in [0.25, 0.3) is 27.6 Å².